The highest BCUT2D eigenvalue weighted by Crippen LogP contribution is 2.37. The molecule has 2 saturated heterocycles. The predicted molar refractivity (Wildman–Crippen MR) is 86.2 cm³/mol. The molecule has 10 nitrogen and oxygen atoms in total. The maximum absolute atomic E-state index is 12.6. The summed E-state index contributed by atoms with van der Waals surface area (Å²) in [6.45, 7) is 1.17. The number of aromatic amines is 1. The molecule has 4 heterocycles. The van der Waals surface area contributed by atoms with Crippen LogP contribution in [0.2, 0.25) is 0 Å². The number of piperidine rings is 1. The van der Waals surface area contributed by atoms with Crippen molar-refractivity contribution in [1.82, 2.24) is 29.7 Å². The topological polar surface area (TPSA) is 124 Å². The number of urea groups is 1. The van der Waals surface area contributed by atoms with Crippen molar-refractivity contribution in [3.63, 3.8) is 0 Å². The van der Waals surface area contributed by atoms with Gasteiger partial charge in [-0.3, -0.25) is 9.69 Å². The smallest absolute Gasteiger partial charge is 0.327 e. The Morgan fingerprint density at radius 1 is 1.21 bits per heavy atom. The lowest BCUT2D eigenvalue weighted by atomic mass is 9.86. The number of likely N-dealkylation sites (N-methyl/N-ethyl adjacent to an activating group) is 2. The van der Waals surface area contributed by atoms with Gasteiger partial charge in [-0.25, -0.2) is 9.78 Å². The fourth-order valence-electron chi connectivity index (χ4n) is 3.65. The number of amides is 3. The van der Waals surface area contributed by atoms with E-state index in [4.69, 9.17) is 5.73 Å². The number of nitrogens with zero attached hydrogens (tertiary/aromatic N) is 6. The molecule has 0 bridgehead atoms. The molecule has 0 saturated carbocycles. The molecule has 0 atom stereocenters. The van der Waals surface area contributed by atoms with Crippen LogP contribution in [0.25, 0.3) is 11.2 Å². The summed E-state index contributed by atoms with van der Waals surface area (Å²) in [6, 6.07) is -0.254. The Labute approximate surface area is 137 Å². The zero-order chi connectivity index (χ0) is 17.1. The lowest BCUT2D eigenvalue weighted by molar-refractivity contribution is -0.133. The van der Waals surface area contributed by atoms with Crippen LogP contribution in [0.15, 0.2) is 6.33 Å². The Kier molecular flexibility index (Phi) is 2.93. The average molecular weight is 330 g/mol. The molecule has 2 fully saturated rings. The minimum absolute atomic E-state index is 0.136. The van der Waals surface area contributed by atoms with Crippen LogP contribution >= 0.6 is 0 Å². The average Bonchev–Trinajstić information content (AvgIpc) is 3.11. The minimum atomic E-state index is -0.756. The van der Waals surface area contributed by atoms with Gasteiger partial charge in [0.2, 0.25) is 5.95 Å². The van der Waals surface area contributed by atoms with Crippen LogP contribution in [-0.2, 0) is 4.79 Å². The second kappa shape index (κ2) is 4.79. The molecule has 2 aromatic rings. The number of carbonyl (C=O) groups excluding carboxylic acids is 2. The summed E-state index contributed by atoms with van der Waals surface area (Å²) in [5, 5.41) is 0. The molecule has 2 aliphatic rings. The molecule has 126 valence electrons. The van der Waals surface area contributed by atoms with Gasteiger partial charge < -0.3 is 20.5 Å². The number of hydrogen-bond acceptors (Lipinski definition) is 7. The van der Waals surface area contributed by atoms with Crippen molar-refractivity contribution in [3.05, 3.63) is 6.33 Å². The quantitative estimate of drug-likeness (QED) is 0.694. The van der Waals surface area contributed by atoms with E-state index < -0.39 is 5.54 Å². The number of imide groups is 1. The molecule has 2 aliphatic heterocycles. The molecule has 1 spiro atoms. The standard InChI is InChI=1S/C14H18N8O2/c1-20-11(23)14(21(2)13(20)24)3-5-22(6-4-14)10-8-9(17-7-16-8)18-12(15)19-10/h7H,3-6H2,1-2H3,(H3,15,16,17,18,19). The van der Waals surface area contributed by atoms with E-state index in [2.05, 4.69) is 19.9 Å². The Hall–Kier alpha value is -2.91. The van der Waals surface area contributed by atoms with E-state index in [1.807, 2.05) is 4.90 Å². The van der Waals surface area contributed by atoms with Crippen molar-refractivity contribution < 1.29 is 9.59 Å². The van der Waals surface area contributed by atoms with Crippen molar-refractivity contribution in [2.45, 2.75) is 18.4 Å². The number of rotatable bonds is 1. The highest BCUT2D eigenvalue weighted by molar-refractivity contribution is 6.06. The maximum Gasteiger partial charge on any atom is 0.327 e. The lowest BCUT2D eigenvalue weighted by Gasteiger charge is -2.41. The number of nitrogen functional groups attached to an aromatic ring is 1. The number of carbonyl (C=O) groups is 2. The summed E-state index contributed by atoms with van der Waals surface area (Å²) in [5.74, 6) is 0.704. The van der Waals surface area contributed by atoms with Gasteiger partial charge in [0.1, 0.15) is 11.1 Å². The SMILES string of the molecule is CN1C(=O)N(C)C2(CCN(c3nc(N)nc4nc[nH]c34)CC2)C1=O. The number of fused-ring (bicyclic) bond motifs is 1. The number of anilines is 2. The van der Waals surface area contributed by atoms with Crippen LogP contribution in [0.4, 0.5) is 16.6 Å². The largest absolute Gasteiger partial charge is 0.368 e. The van der Waals surface area contributed by atoms with Crippen molar-refractivity contribution in [3.8, 4) is 0 Å². The monoisotopic (exact) mass is 330 g/mol. The molecule has 2 aromatic heterocycles. The van der Waals surface area contributed by atoms with Crippen LogP contribution < -0.4 is 10.6 Å². The summed E-state index contributed by atoms with van der Waals surface area (Å²) in [6.07, 6.45) is 2.63. The first-order valence-corrected chi connectivity index (χ1v) is 7.71. The van der Waals surface area contributed by atoms with Gasteiger partial charge >= 0.3 is 6.03 Å². The van der Waals surface area contributed by atoms with Gasteiger partial charge in [0.15, 0.2) is 11.5 Å². The Bertz CT molecular complexity index is 838. The predicted octanol–water partition coefficient (Wildman–Crippen LogP) is -0.202. The molecular formula is C14H18N8O2. The van der Waals surface area contributed by atoms with Crippen LogP contribution in [0.3, 0.4) is 0 Å². The summed E-state index contributed by atoms with van der Waals surface area (Å²) < 4.78 is 0. The second-order valence-electron chi connectivity index (χ2n) is 6.23. The number of H-pyrrole nitrogens is 1. The molecule has 24 heavy (non-hydrogen) atoms. The third kappa shape index (κ3) is 1.79. The van der Waals surface area contributed by atoms with Crippen LogP contribution in [-0.4, -0.2) is 74.4 Å². The Morgan fingerprint density at radius 2 is 1.92 bits per heavy atom. The summed E-state index contributed by atoms with van der Waals surface area (Å²) in [4.78, 5) is 45.0. The van der Waals surface area contributed by atoms with E-state index in [0.29, 0.717) is 37.4 Å². The molecular weight excluding hydrogens is 312 g/mol. The van der Waals surface area contributed by atoms with Crippen molar-refractivity contribution in [2.75, 3.05) is 37.8 Å². The molecule has 3 amide bonds. The summed E-state index contributed by atoms with van der Waals surface area (Å²) in [5.41, 5.74) is 6.25. The molecule has 3 N–H and O–H groups in total. The minimum Gasteiger partial charge on any atom is -0.368 e. The highest BCUT2D eigenvalue weighted by Gasteiger charge is 2.55. The fraction of sp³-hybridized carbons (Fsp3) is 0.500. The van der Waals surface area contributed by atoms with Gasteiger partial charge in [-0.15, -0.1) is 0 Å². The van der Waals surface area contributed by atoms with E-state index in [0.717, 1.165) is 5.52 Å². The number of nitrogens with two attached hydrogens (primary N) is 1. The first-order valence-electron chi connectivity index (χ1n) is 7.71. The molecule has 10 heteroatoms. The third-order valence-corrected chi connectivity index (χ3v) is 5.09. The van der Waals surface area contributed by atoms with Gasteiger partial charge in [0.05, 0.1) is 6.33 Å². The maximum atomic E-state index is 12.6. The van der Waals surface area contributed by atoms with Crippen LogP contribution in [0.5, 0.6) is 0 Å². The molecule has 0 radical (unpaired) electrons. The van der Waals surface area contributed by atoms with E-state index in [1.165, 1.54) is 11.9 Å². The van der Waals surface area contributed by atoms with Crippen LogP contribution in [0, 0.1) is 0 Å². The number of imidazole rings is 1. The van der Waals surface area contributed by atoms with Gasteiger partial charge in [-0.05, 0) is 12.8 Å². The highest BCUT2D eigenvalue weighted by atomic mass is 16.2. The number of hydrogen-bond donors (Lipinski definition) is 2. The normalized spacial score (nSPS) is 20.7. The van der Waals surface area contributed by atoms with Crippen molar-refractivity contribution in [2.24, 2.45) is 0 Å². The molecule has 0 unspecified atom stereocenters. The molecule has 0 aliphatic carbocycles. The zero-order valence-corrected chi connectivity index (χ0v) is 13.5. The Morgan fingerprint density at radius 3 is 2.54 bits per heavy atom. The van der Waals surface area contributed by atoms with Crippen molar-refractivity contribution >= 4 is 34.9 Å². The fourth-order valence-corrected chi connectivity index (χ4v) is 3.65. The van der Waals surface area contributed by atoms with Gasteiger partial charge in [-0.2, -0.15) is 9.97 Å². The second-order valence-corrected chi connectivity index (χ2v) is 6.23. The third-order valence-electron chi connectivity index (χ3n) is 5.09. The van der Waals surface area contributed by atoms with E-state index in [9.17, 15) is 9.59 Å². The van der Waals surface area contributed by atoms with Gasteiger partial charge in [-0.1, -0.05) is 0 Å². The van der Waals surface area contributed by atoms with E-state index in [1.54, 1.807) is 18.3 Å². The first-order chi connectivity index (χ1) is 11.4. The van der Waals surface area contributed by atoms with E-state index >= 15 is 0 Å². The zero-order valence-electron chi connectivity index (χ0n) is 13.5. The first kappa shape index (κ1) is 14.7. The van der Waals surface area contributed by atoms with Gasteiger partial charge in [0, 0.05) is 27.2 Å². The Balaban J connectivity index is 1.64. The molecule has 0 aromatic carbocycles. The van der Waals surface area contributed by atoms with Gasteiger partial charge in [0.25, 0.3) is 5.91 Å². The van der Waals surface area contributed by atoms with E-state index in [-0.39, 0.29) is 17.9 Å². The van der Waals surface area contributed by atoms with Crippen molar-refractivity contribution in [1.29, 1.82) is 0 Å². The summed E-state index contributed by atoms with van der Waals surface area (Å²) in [7, 11) is 3.22. The lowest BCUT2D eigenvalue weighted by Crippen LogP contribution is -2.55. The number of aromatic nitrogens is 4. The summed E-state index contributed by atoms with van der Waals surface area (Å²) >= 11 is 0. The van der Waals surface area contributed by atoms with Crippen LogP contribution in [0.1, 0.15) is 12.8 Å². The number of nitrogens with one attached hydrogen (secondary N) is 1. The molecule has 4 rings (SSSR count).